The molecule has 2 aromatic rings. The van der Waals surface area contributed by atoms with Crippen molar-refractivity contribution in [1.29, 1.82) is 0 Å². The summed E-state index contributed by atoms with van der Waals surface area (Å²) < 4.78 is 1.61. The van der Waals surface area contributed by atoms with Gasteiger partial charge in [0.15, 0.2) is 5.69 Å². The average Bonchev–Trinajstić information content (AvgIpc) is 3.13. The first-order valence-electron chi connectivity index (χ1n) is 8.09. The lowest BCUT2D eigenvalue weighted by molar-refractivity contribution is 0.0687. The number of aliphatic hydroxyl groups is 1. The van der Waals surface area contributed by atoms with Crippen molar-refractivity contribution in [2.75, 3.05) is 13.6 Å². The van der Waals surface area contributed by atoms with Crippen LogP contribution in [0.3, 0.4) is 0 Å². The molecule has 1 aromatic heterocycles. The summed E-state index contributed by atoms with van der Waals surface area (Å²) in [5, 5.41) is 18.7. The molecule has 24 heavy (non-hydrogen) atoms. The van der Waals surface area contributed by atoms with Crippen LogP contribution in [0.4, 0.5) is 0 Å². The maximum Gasteiger partial charge on any atom is 0.276 e. The van der Waals surface area contributed by atoms with Gasteiger partial charge in [-0.15, -0.1) is 5.10 Å². The molecule has 1 saturated carbocycles. The van der Waals surface area contributed by atoms with Crippen molar-refractivity contribution >= 4 is 17.5 Å². The molecule has 7 heteroatoms. The molecule has 0 aliphatic heterocycles. The van der Waals surface area contributed by atoms with Gasteiger partial charge in [-0.3, -0.25) is 4.79 Å². The monoisotopic (exact) mass is 348 g/mol. The number of halogens is 1. The largest absolute Gasteiger partial charge is 0.393 e. The van der Waals surface area contributed by atoms with Gasteiger partial charge in [-0.25, -0.2) is 4.68 Å². The topological polar surface area (TPSA) is 71.2 Å². The first kappa shape index (κ1) is 16.9. The molecule has 2 atom stereocenters. The Labute approximate surface area is 146 Å². The highest BCUT2D eigenvalue weighted by Crippen LogP contribution is 2.26. The van der Waals surface area contributed by atoms with Gasteiger partial charge in [-0.1, -0.05) is 29.3 Å². The van der Waals surface area contributed by atoms with Gasteiger partial charge in [-0.05, 0) is 38.0 Å². The molecule has 3 rings (SSSR count). The van der Waals surface area contributed by atoms with E-state index in [4.69, 9.17) is 11.6 Å². The van der Waals surface area contributed by atoms with E-state index in [1.807, 2.05) is 19.1 Å². The second-order valence-corrected chi connectivity index (χ2v) is 6.80. The number of carbonyl (C=O) groups excluding carboxylic acids is 1. The van der Waals surface area contributed by atoms with Gasteiger partial charge in [0, 0.05) is 24.5 Å². The molecular weight excluding hydrogens is 328 g/mol. The van der Waals surface area contributed by atoms with Crippen molar-refractivity contribution in [3.05, 3.63) is 40.7 Å². The summed E-state index contributed by atoms with van der Waals surface area (Å²) in [7, 11) is 1.74. The number of nitrogens with zero attached hydrogens (tertiary/aromatic N) is 4. The zero-order valence-corrected chi connectivity index (χ0v) is 14.6. The Bertz CT molecular complexity index is 746. The third kappa shape index (κ3) is 3.30. The van der Waals surface area contributed by atoms with E-state index in [0.29, 0.717) is 23.0 Å². The number of benzene rings is 1. The average molecular weight is 349 g/mol. The third-order valence-electron chi connectivity index (χ3n) is 4.62. The fourth-order valence-electron chi connectivity index (χ4n) is 3.23. The highest BCUT2D eigenvalue weighted by Gasteiger charge is 2.29. The zero-order valence-electron chi connectivity index (χ0n) is 13.8. The summed E-state index contributed by atoms with van der Waals surface area (Å²) in [6.45, 7) is 2.34. The summed E-state index contributed by atoms with van der Waals surface area (Å²) in [6, 6.07) is 7.24. The molecule has 6 nitrogen and oxygen atoms in total. The normalized spacial score (nSPS) is 20.3. The van der Waals surface area contributed by atoms with Crippen LogP contribution in [0.25, 0.3) is 5.69 Å². The summed E-state index contributed by atoms with van der Waals surface area (Å²) in [5.74, 6) is -0.0397. The molecular formula is C17H21ClN4O2. The minimum Gasteiger partial charge on any atom is -0.393 e. The second-order valence-electron chi connectivity index (χ2n) is 6.36. The lowest BCUT2D eigenvalue weighted by Gasteiger charge is -2.22. The van der Waals surface area contributed by atoms with Gasteiger partial charge in [0.25, 0.3) is 5.91 Å². The molecule has 2 unspecified atom stereocenters. The molecule has 1 N–H and O–H groups in total. The first-order chi connectivity index (χ1) is 11.5. The van der Waals surface area contributed by atoms with Gasteiger partial charge in [0.1, 0.15) is 0 Å². The third-order valence-corrected chi connectivity index (χ3v) is 4.86. The van der Waals surface area contributed by atoms with E-state index in [-0.39, 0.29) is 17.9 Å². The zero-order chi connectivity index (χ0) is 17.3. The van der Waals surface area contributed by atoms with Gasteiger partial charge in [-0.2, -0.15) is 0 Å². The van der Waals surface area contributed by atoms with Crippen LogP contribution < -0.4 is 0 Å². The number of rotatable bonds is 4. The van der Waals surface area contributed by atoms with Crippen LogP contribution in [-0.4, -0.2) is 50.6 Å². The minimum atomic E-state index is -0.316. The van der Waals surface area contributed by atoms with Crippen molar-refractivity contribution in [3.63, 3.8) is 0 Å². The first-order valence-corrected chi connectivity index (χ1v) is 8.47. The molecule has 1 amide bonds. The van der Waals surface area contributed by atoms with E-state index in [9.17, 15) is 9.90 Å². The molecule has 1 aliphatic rings. The standard InChI is InChI=1S/C17H21ClN4O2/c1-11-16(17(24)21(2)10-12-5-3-8-15(12)23)19-20-22(11)14-7-4-6-13(18)9-14/h4,6-7,9,12,15,23H,3,5,8,10H2,1-2H3. The van der Waals surface area contributed by atoms with Crippen LogP contribution in [0, 0.1) is 12.8 Å². The summed E-state index contributed by atoms with van der Waals surface area (Å²) >= 11 is 6.02. The number of aromatic nitrogens is 3. The molecule has 128 valence electrons. The Morgan fingerprint density at radius 2 is 2.25 bits per heavy atom. The van der Waals surface area contributed by atoms with Crippen LogP contribution in [0.1, 0.15) is 35.4 Å². The van der Waals surface area contributed by atoms with E-state index < -0.39 is 0 Å². The molecule has 1 aliphatic carbocycles. The fraction of sp³-hybridized carbons (Fsp3) is 0.471. The van der Waals surface area contributed by atoms with Crippen LogP contribution >= 0.6 is 11.6 Å². The number of hydrogen-bond acceptors (Lipinski definition) is 4. The van der Waals surface area contributed by atoms with Gasteiger partial charge in [0.2, 0.25) is 0 Å². The smallest absolute Gasteiger partial charge is 0.276 e. The van der Waals surface area contributed by atoms with Gasteiger partial charge >= 0.3 is 0 Å². The molecule has 0 spiro atoms. The predicted molar refractivity (Wildman–Crippen MR) is 91.4 cm³/mol. The summed E-state index contributed by atoms with van der Waals surface area (Å²) in [6.07, 6.45) is 2.46. The maximum absolute atomic E-state index is 12.7. The van der Waals surface area contributed by atoms with Crippen molar-refractivity contribution in [2.45, 2.75) is 32.3 Å². The van der Waals surface area contributed by atoms with Gasteiger partial charge in [0.05, 0.1) is 17.5 Å². The van der Waals surface area contributed by atoms with Crippen molar-refractivity contribution < 1.29 is 9.90 Å². The second kappa shape index (κ2) is 6.91. The fourth-order valence-corrected chi connectivity index (χ4v) is 3.41. The summed E-state index contributed by atoms with van der Waals surface area (Å²) in [5.41, 5.74) is 1.76. The lowest BCUT2D eigenvalue weighted by Crippen LogP contribution is -2.35. The molecule has 1 fully saturated rings. The van der Waals surface area contributed by atoms with Crippen LogP contribution in [0.2, 0.25) is 5.02 Å². The number of carbonyl (C=O) groups is 1. The number of amides is 1. The molecule has 1 aromatic carbocycles. The Morgan fingerprint density at radius 3 is 2.92 bits per heavy atom. The molecule has 1 heterocycles. The molecule has 0 radical (unpaired) electrons. The SMILES string of the molecule is Cc1c(C(=O)N(C)CC2CCCC2O)nnn1-c1cccc(Cl)c1. The van der Waals surface area contributed by atoms with Crippen LogP contribution in [0.5, 0.6) is 0 Å². The highest BCUT2D eigenvalue weighted by molar-refractivity contribution is 6.30. The maximum atomic E-state index is 12.7. The van der Waals surface area contributed by atoms with Crippen molar-refractivity contribution in [1.82, 2.24) is 19.9 Å². The van der Waals surface area contributed by atoms with E-state index in [1.165, 1.54) is 0 Å². The van der Waals surface area contributed by atoms with Gasteiger partial charge < -0.3 is 10.0 Å². The van der Waals surface area contributed by atoms with Crippen molar-refractivity contribution in [3.8, 4) is 5.69 Å². The number of hydrogen-bond donors (Lipinski definition) is 1. The van der Waals surface area contributed by atoms with E-state index in [1.54, 1.807) is 28.8 Å². The Kier molecular flexibility index (Phi) is 4.87. The molecule has 0 saturated heterocycles. The van der Waals surface area contributed by atoms with Crippen molar-refractivity contribution in [2.24, 2.45) is 5.92 Å². The highest BCUT2D eigenvalue weighted by atomic mass is 35.5. The quantitative estimate of drug-likeness (QED) is 0.921. The predicted octanol–water partition coefficient (Wildman–Crippen LogP) is 2.46. The van der Waals surface area contributed by atoms with E-state index in [2.05, 4.69) is 10.3 Å². The minimum absolute atomic E-state index is 0.141. The summed E-state index contributed by atoms with van der Waals surface area (Å²) in [4.78, 5) is 14.3. The Balaban J connectivity index is 1.78. The van der Waals surface area contributed by atoms with Crippen LogP contribution in [-0.2, 0) is 0 Å². The van der Waals surface area contributed by atoms with E-state index in [0.717, 1.165) is 24.9 Å². The molecule has 0 bridgehead atoms. The Morgan fingerprint density at radius 1 is 1.46 bits per heavy atom. The lowest BCUT2D eigenvalue weighted by atomic mass is 10.1. The Hall–Kier alpha value is -1.92. The van der Waals surface area contributed by atoms with Crippen LogP contribution in [0.15, 0.2) is 24.3 Å². The number of aliphatic hydroxyl groups excluding tert-OH is 1. The van der Waals surface area contributed by atoms with E-state index >= 15 is 0 Å².